The molecule has 1 aromatic carbocycles. The van der Waals surface area contributed by atoms with Gasteiger partial charge in [-0.2, -0.15) is 0 Å². The first-order valence-corrected chi connectivity index (χ1v) is 6.85. The van der Waals surface area contributed by atoms with E-state index in [0.717, 1.165) is 27.5 Å². The molecular formula is C12H11N3O2S2. The number of aromatic nitrogens is 1. The number of aromatic amines is 1. The Morgan fingerprint density at radius 3 is 2.95 bits per heavy atom. The van der Waals surface area contributed by atoms with Gasteiger partial charge < -0.3 is 15.4 Å². The Hall–Kier alpha value is -1.86. The molecule has 0 bridgehead atoms. The summed E-state index contributed by atoms with van der Waals surface area (Å²) in [5, 5.41) is 6.60. The Morgan fingerprint density at radius 1 is 1.37 bits per heavy atom. The van der Waals surface area contributed by atoms with Gasteiger partial charge in [0, 0.05) is 5.56 Å². The van der Waals surface area contributed by atoms with Crippen LogP contribution in [-0.2, 0) is 0 Å². The summed E-state index contributed by atoms with van der Waals surface area (Å²) in [7, 11) is 1.62. The summed E-state index contributed by atoms with van der Waals surface area (Å²) in [6.07, 6.45) is 0. The maximum atomic E-state index is 11.5. The van der Waals surface area contributed by atoms with Crippen molar-refractivity contribution in [2.24, 2.45) is 0 Å². The summed E-state index contributed by atoms with van der Waals surface area (Å²) < 4.78 is 5.37. The van der Waals surface area contributed by atoms with Gasteiger partial charge in [0.15, 0.2) is 5.11 Å². The third kappa shape index (κ3) is 2.11. The van der Waals surface area contributed by atoms with Crippen molar-refractivity contribution in [3.63, 3.8) is 0 Å². The third-order valence-electron chi connectivity index (χ3n) is 2.90. The number of rotatable bonds is 2. The number of nitrogens with one attached hydrogen (secondary N) is 3. The van der Waals surface area contributed by atoms with E-state index in [9.17, 15) is 4.79 Å². The van der Waals surface area contributed by atoms with E-state index in [2.05, 4.69) is 15.6 Å². The van der Waals surface area contributed by atoms with Gasteiger partial charge in [0.25, 0.3) is 0 Å². The van der Waals surface area contributed by atoms with Gasteiger partial charge in [0.1, 0.15) is 11.6 Å². The number of thiazole rings is 1. The molecule has 3 rings (SSSR count). The zero-order chi connectivity index (χ0) is 13.4. The Morgan fingerprint density at radius 2 is 2.16 bits per heavy atom. The Balaban J connectivity index is 2.15. The second-order valence-corrected chi connectivity index (χ2v) is 5.45. The first kappa shape index (κ1) is 12.2. The highest BCUT2D eigenvalue weighted by molar-refractivity contribution is 7.80. The summed E-state index contributed by atoms with van der Waals surface area (Å²) >= 11 is 6.33. The maximum absolute atomic E-state index is 11.5. The molecule has 1 aromatic heterocycles. The number of methoxy groups -OCH3 is 1. The van der Waals surface area contributed by atoms with Crippen molar-refractivity contribution in [3.05, 3.63) is 44.4 Å². The second-order valence-electron chi connectivity index (χ2n) is 4.03. The van der Waals surface area contributed by atoms with Crippen LogP contribution in [0.2, 0.25) is 0 Å². The van der Waals surface area contributed by atoms with E-state index >= 15 is 0 Å². The number of H-pyrrole nitrogens is 1. The highest BCUT2D eigenvalue weighted by Crippen LogP contribution is 2.36. The third-order valence-corrected chi connectivity index (χ3v) is 4.07. The van der Waals surface area contributed by atoms with Crippen LogP contribution >= 0.6 is 23.6 Å². The van der Waals surface area contributed by atoms with E-state index in [0.29, 0.717) is 10.9 Å². The molecule has 0 spiro atoms. The summed E-state index contributed by atoms with van der Waals surface area (Å²) in [6, 6.07) is 7.50. The van der Waals surface area contributed by atoms with Crippen molar-refractivity contribution in [1.29, 1.82) is 0 Å². The molecule has 0 aliphatic carbocycles. The number of para-hydroxylation sites is 1. The molecule has 5 nitrogen and oxygen atoms in total. The Bertz CT molecular complexity index is 692. The number of thiocarbonyl (C=S) groups is 1. The predicted molar refractivity (Wildman–Crippen MR) is 79.1 cm³/mol. The average Bonchev–Trinajstić information content (AvgIpc) is 2.77. The molecule has 7 heteroatoms. The van der Waals surface area contributed by atoms with Crippen LogP contribution in [-0.4, -0.2) is 17.2 Å². The number of hydrogen-bond donors (Lipinski definition) is 3. The molecule has 19 heavy (non-hydrogen) atoms. The van der Waals surface area contributed by atoms with Gasteiger partial charge >= 0.3 is 4.87 Å². The molecule has 1 atom stereocenters. The van der Waals surface area contributed by atoms with Crippen LogP contribution in [0.15, 0.2) is 29.1 Å². The lowest BCUT2D eigenvalue weighted by Gasteiger charge is -2.27. The minimum Gasteiger partial charge on any atom is -0.496 e. The quantitative estimate of drug-likeness (QED) is 0.737. The van der Waals surface area contributed by atoms with Gasteiger partial charge in [-0.15, -0.1) is 0 Å². The molecule has 98 valence electrons. The fourth-order valence-electron chi connectivity index (χ4n) is 2.11. The number of ether oxygens (including phenoxy) is 1. The number of fused-ring (bicyclic) bond motifs is 1. The smallest absolute Gasteiger partial charge is 0.306 e. The van der Waals surface area contributed by atoms with Crippen molar-refractivity contribution in [3.8, 4) is 5.75 Å². The lowest BCUT2D eigenvalue weighted by molar-refractivity contribution is 0.407. The van der Waals surface area contributed by atoms with Crippen LogP contribution in [0.5, 0.6) is 5.75 Å². The van der Waals surface area contributed by atoms with Gasteiger partial charge in [-0.25, -0.2) is 0 Å². The van der Waals surface area contributed by atoms with E-state index in [1.165, 1.54) is 0 Å². The molecule has 1 aliphatic rings. The SMILES string of the molecule is COc1ccccc1C1NC(=S)Nc2[nH]c(=O)sc21. The van der Waals surface area contributed by atoms with Crippen LogP contribution in [0.25, 0.3) is 0 Å². The molecule has 1 unspecified atom stereocenters. The van der Waals surface area contributed by atoms with Crippen LogP contribution < -0.4 is 20.2 Å². The fraction of sp³-hybridized carbons (Fsp3) is 0.167. The monoisotopic (exact) mass is 293 g/mol. The minimum atomic E-state index is -0.177. The van der Waals surface area contributed by atoms with E-state index in [1.54, 1.807) is 7.11 Å². The molecule has 0 saturated heterocycles. The van der Waals surface area contributed by atoms with E-state index in [4.69, 9.17) is 17.0 Å². The van der Waals surface area contributed by atoms with E-state index in [-0.39, 0.29) is 10.9 Å². The Kier molecular flexibility index (Phi) is 3.00. The lowest BCUT2D eigenvalue weighted by atomic mass is 10.0. The summed E-state index contributed by atoms with van der Waals surface area (Å²) in [5.74, 6) is 1.42. The number of benzene rings is 1. The predicted octanol–water partition coefficient (Wildman–Crippen LogP) is 1.83. The summed E-state index contributed by atoms with van der Waals surface area (Å²) in [4.78, 5) is 15.0. The van der Waals surface area contributed by atoms with Crippen LogP contribution in [0.4, 0.5) is 5.82 Å². The van der Waals surface area contributed by atoms with E-state index < -0.39 is 0 Å². The molecule has 0 radical (unpaired) electrons. The molecule has 1 aliphatic heterocycles. The average molecular weight is 293 g/mol. The lowest BCUT2D eigenvalue weighted by Crippen LogP contribution is -2.37. The first-order valence-electron chi connectivity index (χ1n) is 5.62. The summed E-state index contributed by atoms with van der Waals surface area (Å²) in [5.41, 5.74) is 0.949. The molecule has 0 saturated carbocycles. The van der Waals surface area contributed by atoms with Crippen LogP contribution in [0.1, 0.15) is 16.5 Å². The molecular weight excluding hydrogens is 282 g/mol. The van der Waals surface area contributed by atoms with Gasteiger partial charge in [0.05, 0.1) is 18.0 Å². The molecule has 2 heterocycles. The van der Waals surface area contributed by atoms with Crippen molar-refractivity contribution >= 4 is 34.5 Å². The van der Waals surface area contributed by atoms with Crippen LogP contribution in [0.3, 0.4) is 0 Å². The van der Waals surface area contributed by atoms with E-state index in [1.807, 2.05) is 24.3 Å². The number of anilines is 1. The Labute approximate surface area is 118 Å². The topological polar surface area (TPSA) is 66.2 Å². The van der Waals surface area contributed by atoms with Gasteiger partial charge in [-0.1, -0.05) is 29.5 Å². The molecule has 3 N–H and O–H groups in total. The molecule has 0 amide bonds. The minimum absolute atomic E-state index is 0.108. The van der Waals surface area contributed by atoms with Crippen LogP contribution in [0, 0.1) is 0 Å². The van der Waals surface area contributed by atoms with Crippen molar-refractivity contribution in [2.45, 2.75) is 6.04 Å². The normalized spacial score (nSPS) is 17.3. The molecule has 2 aromatic rings. The fourth-order valence-corrected chi connectivity index (χ4v) is 3.19. The van der Waals surface area contributed by atoms with Gasteiger partial charge in [-0.3, -0.25) is 9.78 Å². The second kappa shape index (κ2) is 4.67. The van der Waals surface area contributed by atoms with Crippen molar-refractivity contribution in [1.82, 2.24) is 10.3 Å². The standard InChI is InChI=1S/C12H11N3O2S2/c1-17-7-5-3-2-4-6(7)8-9-10(14-11(18)13-8)15-12(16)19-9/h2-5,8H,1H3,(H,15,16)(H2,13,14,18). The zero-order valence-electron chi connectivity index (χ0n) is 10.0. The summed E-state index contributed by atoms with van der Waals surface area (Å²) in [6.45, 7) is 0. The maximum Gasteiger partial charge on any atom is 0.306 e. The first-order chi connectivity index (χ1) is 9.19. The van der Waals surface area contributed by atoms with Gasteiger partial charge in [0.2, 0.25) is 0 Å². The molecule has 0 fully saturated rings. The zero-order valence-corrected chi connectivity index (χ0v) is 11.7. The highest BCUT2D eigenvalue weighted by Gasteiger charge is 2.28. The largest absolute Gasteiger partial charge is 0.496 e. The van der Waals surface area contributed by atoms with Crippen molar-refractivity contribution in [2.75, 3.05) is 12.4 Å². The van der Waals surface area contributed by atoms with Crippen molar-refractivity contribution < 1.29 is 4.74 Å². The number of hydrogen-bond acceptors (Lipinski definition) is 4. The van der Waals surface area contributed by atoms with Gasteiger partial charge in [-0.05, 0) is 18.3 Å². The highest BCUT2D eigenvalue weighted by atomic mass is 32.1.